The summed E-state index contributed by atoms with van der Waals surface area (Å²) in [7, 11) is -2.20. The Hall–Kier alpha value is -2.83. The van der Waals surface area contributed by atoms with Crippen LogP contribution in [0.2, 0.25) is 0 Å². The zero-order chi connectivity index (χ0) is 22.6. The molecule has 3 aromatic rings. The van der Waals surface area contributed by atoms with Crippen LogP contribution in [0.3, 0.4) is 0 Å². The number of nitrogens with one attached hydrogen (secondary N) is 1. The Morgan fingerprint density at radius 2 is 1.97 bits per heavy atom. The summed E-state index contributed by atoms with van der Waals surface area (Å²) in [6.07, 6.45) is 3.75. The van der Waals surface area contributed by atoms with Crippen LogP contribution in [0.25, 0.3) is 11.4 Å². The highest BCUT2D eigenvalue weighted by atomic mass is 32.2. The fourth-order valence-electron chi connectivity index (χ4n) is 3.51. The van der Waals surface area contributed by atoms with Crippen molar-refractivity contribution in [1.29, 1.82) is 0 Å². The quantitative estimate of drug-likeness (QED) is 0.557. The van der Waals surface area contributed by atoms with E-state index in [2.05, 4.69) is 20.7 Å². The summed E-state index contributed by atoms with van der Waals surface area (Å²) in [5.74, 6) is 0.364. The molecule has 1 N–H and O–H groups in total. The molecular formula is C20H24N6O4S2. The highest BCUT2D eigenvalue weighted by Crippen LogP contribution is 2.30. The predicted octanol–water partition coefficient (Wildman–Crippen LogP) is 2.61. The van der Waals surface area contributed by atoms with E-state index in [-0.39, 0.29) is 17.1 Å². The Balaban J connectivity index is 1.50. The first-order valence-electron chi connectivity index (χ1n) is 10.3. The van der Waals surface area contributed by atoms with Crippen molar-refractivity contribution in [3.05, 3.63) is 35.0 Å². The zero-order valence-electron chi connectivity index (χ0n) is 17.6. The first kappa shape index (κ1) is 22.4. The number of tetrazole rings is 1. The number of hydrogen-bond acceptors (Lipinski definition) is 8. The van der Waals surface area contributed by atoms with Crippen LogP contribution in [0.4, 0.5) is 5.69 Å². The summed E-state index contributed by atoms with van der Waals surface area (Å²) in [4.78, 5) is 13.9. The van der Waals surface area contributed by atoms with Gasteiger partial charge < -0.3 is 10.1 Å². The second-order valence-corrected chi connectivity index (χ2v) is 10.1. The predicted molar refractivity (Wildman–Crippen MR) is 120 cm³/mol. The normalized spacial score (nSPS) is 15.3. The molecule has 1 saturated heterocycles. The first-order chi connectivity index (χ1) is 15.5. The molecule has 1 aromatic carbocycles. The number of thiophene rings is 1. The molecule has 4 rings (SSSR count). The molecule has 1 amide bonds. The van der Waals surface area contributed by atoms with Gasteiger partial charge in [-0.3, -0.25) is 4.79 Å². The van der Waals surface area contributed by atoms with E-state index >= 15 is 0 Å². The van der Waals surface area contributed by atoms with E-state index < -0.39 is 15.9 Å². The molecule has 170 valence electrons. The van der Waals surface area contributed by atoms with E-state index in [1.165, 1.54) is 39.7 Å². The summed E-state index contributed by atoms with van der Waals surface area (Å²) >= 11 is 1.52. The topological polar surface area (TPSA) is 119 Å². The SMILES string of the molecule is COc1ccc(S(=O)(=O)N2CCCCCC2)cc1NC(=O)Cn1nnc(-c2ccsc2)n1. The second-order valence-electron chi connectivity index (χ2n) is 7.38. The van der Waals surface area contributed by atoms with Crippen LogP contribution in [0.5, 0.6) is 5.75 Å². The number of sulfonamides is 1. The maximum Gasteiger partial charge on any atom is 0.248 e. The maximum atomic E-state index is 13.1. The van der Waals surface area contributed by atoms with Crippen molar-refractivity contribution >= 4 is 33.0 Å². The number of amides is 1. The molecule has 1 aliphatic rings. The van der Waals surface area contributed by atoms with Crippen molar-refractivity contribution in [2.24, 2.45) is 0 Å². The summed E-state index contributed by atoms with van der Waals surface area (Å²) < 4.78 is 33.1. The first-order valence-corrected chi connectivity index (χ1v) is 12.6. The van der Waals surface area contributed by atoms with E-state index in [4.69, 9.17) is 4.74 Å². The van der Waals surface area contributed by atoms with Gasteiger partial charge in [0.15, 0.2) is 0 Å². The van der Waals surface area contributed by atoms with E-state index in [0.717, 1.165) is 31.2 Å². The molecule has 0 unspecified atom stereocenters. The van der Waals surface area contributed by atoms with Crippen LogP contribution in [0, 0.1) is 0 Å². The standard InChI is InChI=1S/C20H24N6O4S2/c1-30-18-7-6-16(32(28,29)25-9-4-2-3-5-10-25)12-17(18)21-19(27)13-26-23-20(22-24-26)15-8-11-31-14-15/h6-8,11-12,14H,2-5,9-10,13H2,1H3,(H,21,27). The van der Waals surface area contributed by atoms with Crippen molar-refractivity contribution in [2.75, 3.05) is 25.5 Å². The summed E-state index contributed by atoms with van der Waals surface area (Å²) in [5, 5.41) is 18.6. The highest BCUT2D eigenvalue weighted by Gasteiger charge is 2.26. The molecule has 10 nitrogen and oxygen atoms in total. The van der Waals surface area contributed by atoms with Gasteiger partial charge in [-0.2, -0.15) is 20.4 Å². The number of carbonyl (C=O) groups is 1. The smallest absolute Gasteiger partial charge is 0.248 e. The minimum Gasteiger partial charge on any atom is -0.495 e. The summed E-state index contributed by atoms with van der Waals surface area (Å²) in [5.41, 5.74) is 1.10. The van der Waals surface area contributed by atoms with E-state index in [0.29, 0.717) is 24.7 Å². The maximum absolute atomic E-state index is 13.1. The Kier molecular flexibility index (Phi) is 6.82. The molecule has 0 spiro atoms. The number of aromatic nitrogens is 4. The lowest BCUT2D eigenvalue weighted by Gasteiger charge is -2.21. The van der Waals surface area contributed by atoms with Crippen LogP contribution in [0.15, 0.2) is 39.9 Å². The third kappa shape index (κ3) is 4.97. The Bertz CT molecular complexity index is 1170. The van der Waals surface area contributed by atoms with Gasteiger partial charge in [0.2, 0.25) is 21.8 Å². The number of hydrogen-bond donors (Lipinski definition) is 1. The molecule has 0 aliphatic carbocycles. The molecule has 0 radical (unpaired) electrons. The monoisotopic (exact) mass is 476 g/mol. The third-order valence-electron chi connectivity index (χ3n) is 5.17. The molecule has 32 heavy (non-hydrogen) atoms. The summed E-state index contributed by atoms with van der Waals surface area (Å²) in [6, 6.07) is 6.35. The van der Waals surface area contributed by atoms with Crippen LogP contribution >= 0.6 is 11.3 Å². The number of ether oxygens (including phenoxy) is 1. The minimum absolute atomic E-state index is 0.120. The average molecular weight is 477 g/mol. The van der Waals surface area contributed by atoms with Crippen molar-refractivity contribution in [3.63, 3.8) is 0 Å². The van der Waals surface area contributed by atoms with Crippen molar-refractivity contribution in [3.8, 4) is 17.1 Å². The molecule has 12 heteroatoms. The highest BCUT2D eigenvalue weighted by molar-refractivity contribution is 7.89. The van der Waals surface area contributed by atoms with Gasteiger partial charge in [-0.1, -0.05) is 12.8 Å². The van der Waals surface area contributed by atoms with Gasteiger partial charge in [-0.15, -0.1) is 10.2 Å². The number of nitrogens with zero attached hydrogens (tertiary/aromatic N) is 5. The van der Waals surface area contributed by atoms with Crippen LogP contribution in [0.1, 0.15) is 25.7 Å². The number of carbonyl (C=O) groups excluding carboxylic acids is 1. The van der Waals surface area contributed by atoms with Crippen LogP contribution in [-0.4, -0.2) is 59.0 Å². The van der Waals surface area contributed by atoms with E-state index in [1.807, 2.05) is 16.8 Å². The van der Waals surface area contributed by atoms with Crippen molar-refractivity contribution in [2.45, 2.75) is 37.1 Å². The lowest BCUT2D eigenvalue weighted by atomic mass is 10.2. The van der Waals surface area contributed by atoms with Crippen LogP contribution in [-0.2, 0) is 21.4 Å². The van der Waals surface area contributed by atoms with Gasteiger partial charge in [-0.25, -0.2) is 8.42 Å². The second kappa shape index (κ2) is 9.76. The van der Waals surface area contributed by atoms with Gasteiger partial charge >= 0.3 is 0 Å². The largest absolute Gasteiger partial charge is 0.495 e. The lowest BCUT2D eigenvalue weighted by molar-refractivity contribution is -0.117. The third-order valence-corrected chi connectivity index (χ3v) is 7.74. The number of rotatable bonds is 7. The molecule has 1 aliphatic heterocycles. The minimum atomic E-state index is -3.66. The van der Waals surface area contributed by atoms with Gasteiger partial charge in [0.1, 0.15) is 12.3 Å². The van der Waals surface area contributed by atoms with Gasteiger partial charge in [0, 0.05) is 24.0 Å². The number of benzene rings is 1. The Labute approximate surface area is 190 Å². The molecule has 3 heterocycles. The Morgan fingerprint density at radius 3 is 2.66 bits per heavy atom. The zero-order valence-corrected chi connectivity index (χ0v) is 19.2. The van der Waals surface area contributed by atoms with Gasteiger partial charge in [0.05, 0.1) is 17.7 Å². The van der Waals surface area contributed by atoms with Crippen LogP contribution < -0.4 is 10.1 Å². The van der Waals surface area contributed by atoms with Crippen molar-refractivity contribution in [1.82, 2.24) is 24.5 Å². The van der Waals surface area contributed by atoms with E-state index in [9.17, 15) is 13.2 Å². The van der Waals surface area contributed by atoms with E-state index in [1.54, 1.807) is 6.07 Å². The fraction of sp³-hybridized carbons (Fsp3) is 0.400. The average Bonchev–Trinajstić information content (AvgIpc) is 3.39. The Morgan fingerprint density at radius 1 is 1.19 bits per heavy atom. The molecule has 1 fully saturated rings. The molecular weight excluding hydrogens is 452 g/mol. The fourth-order valence-corrected chi connectivity index (χ4v) is 5.69. The lowest BCUT2D eigenvalue weighted by Crippen LogP contribution is -2.32. The number of methoxy groups -OCH3 is 1. The number of anilines is 1. The molecule has 0 saturated carbocycles. The van der Waals surface area contributed by atoms with Gasteiger partial charge in [-0.05, 0) is 47.7 Å². The molecule has 0 atom stereocenters. The van der Waals surface area contributed by atoms with Gasteiger partial charge in [0.25, 0.3) is 0 Å². The molecule has 0 bridgehead atoms. The van der Waals surface area contributed by atoms with Crippen molar-refractivity contribution < 1.29 is 17.9 Å². The summed E-state index contributed by atoms with van der Waals surface area (Å²) in [6.45, 7) is 0.824. The molecule has 2 aromatic heterocycles.